The van der Waals surface area contributed by atoms with Gasteiger partial charge in [-0.05, 0) is 64.2 Å². The number of allylic oxidation sites excluding steroid dienone is 11. The molecule has 0 aliphatic carbocycles. The number of unbranched alkanes of at least 4 members (excludes halogenated alkanes) is 20. The molecule has 12 unspecified atom stereocenters. The van der Waals surface area contributed by atoms with Crippen LogP contribution in [-0.2, 0) is 23.7 Å². The zero-order valence-electron chi connectivity index (χ0n) is 44.4. The number of aliphatic hydroxyl groups excluding tert-OH is 8. The Hall–Kier alpha value is -2.57. The molecule has 2 saturated heterocycles. The summed E-state index contributed by atoms with van der Waals surface area (Å²) in [6, 6.07) is -0.929. The number of aliphatic hydroxyl groups is 8. The molecule has 2 heterocycles. The number of nitrogens with one attached hydrogen (secondary N) is 1. The predicted molar refractivity (Wildman–Crippen MR) is 286 cm³/mol. The molecule has 2 aliphatic heterocycles. The Balaban J connectivity index is 1.82. The molecule has 0 aromatic rings. The Morgan fingerprint density at radius 3 is 1.47 bits per heavy atom. The molecule has 0 aromatic heterocycles. The predicted octanol–water partition coefficient (Wildman–Crippen LogP) is 8.77. The molecule has 0 bridgehead atoms. The van der Waals surface area contributed by atoms with Crippen LogP contribution < -0.4 is 5.32 Å². The third kappa shape index (κ3) is 29.5. The van der Waals surface area contributed by atoms with Gasteiger partial charge in [-0.2, -0.15) is 0 Å². The van der Waals surface area contributed by atoms with E-state index in [0.29, 0.717) is 6.42 Å². The van der Waals surface area contributed by atoms with Gasteiger partial charge in [-0.25, -0.2) is 0 Å². The van der Waals surface area contributed by atoms with Crippen LogP contribution >= 0.6 is 0 Å². The summed E-state index contributed by atoms with van der Waals surface area (Å²) in [5.41, 5.74) is 0. The topological polar surface area (TPSA) is 228 Å². The fourth-order valence-electron chi connectivity index (χ4n) is 8.85. The molecule has 72 heavy (non-hydrogen) atoms. The highest BCUT2D eigenvalue weighted by Crippen LogP contribution is 2.30. The summed E-state index contributed by atoms with van der Waals surface area (Å²) < 4.78 is 22.7. The third-order valence-corrected chi connectivity index (χ3v) is 13.4. The van der Waals surface area contributed by atoms with E-state index in [1.54, 1.807) is 6.08 Å². The first-order valence-electron chi connectivity index (χ1n) is 28.2. The number of hydrogen-bond acceptors (Lipinski definition) is 13. The van der Waals surface area contributed by atoms with Crippen LogP contribution in [0.25, 0.3) is 0 Å². The van der Waals surface area contributed by atoms with Crippen LogP contribution in [0.1, 0.15) is 194 Å². The van der Waals surface area contributed by atoms with Crippen molar-refractivity contribution < 1.29 is 64.6 Å². The van der Waals surface area contributed by atoms with Gasteiger partial charge in [0.1, 0.15) is 48.8 Å². The summed E-state index contributed by atoms with van der Waals surface area (Å²) in [5.74, 6) is -0.261. The van der Waals surface area contributed by atoms with Crippen LogP contribution in [0.5, 0.6) is 0 Å². The fraction of sp³-hybridized carbons (Fsp3) is 0.776. The Bertz CT molecular complexity index is 1480. The number of carbonyl (C=O) groups is 1. The Labute approximate surface area is 434 Å². The van der Waals surface area contributed by atoms with E-state index in [9.17, 15) is 45.6 Å². The van der Waals surface area contributed by atoms with Crippen LogP contribution in [0, 0.1) is 0 Å². The maximum Gasteiger partial charge on any atom is 0.220 e. The molecule has 0 spiro atoms. The van der Waals surface area contributed by atoms with Gasteiger partial charge in [0.25, 0.3) is 0 Å². The number of carbonyl (C=O) groups excluding carboxylic acids is 1. The lowest BCUT2D eigenvalue weighted by molar-refractivity contribution is -0.359. The van der Waals surface area contributed by atoms with E-state index in [1.165, 1.54) is 83.5 Å². The third-order valence-electron chi connectivity index (χ3n) is 13.4. The summed E-state index contributed by atoms with van der Waals surface area (Å²) in [6.07, 6.45) is 39.3. The first-order valence-corrected chi connectivity index (χ1v) is 28.2. The van der Waals surface area contributed by atoms with Crippen molar-refractivity contribution in [1.82, 2.24) is 5.32 Å². The lowest BCUT2D eigenvalue weighted by Crippen LogP contribution is -2.65. The van der Waals surface area contributed by atoms with E-state index < -0.39 is 86.8 Å². The summed E-state index contributed by atoms with van der Waals surface area (Å²) in [5, 5.41) is 87.0. The van der Waals surface area contributed by atoms with E-state index in [2.05, 4.69) is 79.9 Å². The zero-order valence-corrected chi connectivity index (χ0v) is 44.4. The highest BCUT2D eigenvalue weighted by atomic mass is 16.7. The number of hydrogen-bond donors (Lipinski definition) is 9. The molecule has 1 amide bonds. The molecule has 2 rings (SSSR count). The summed E-state index contributed by atoms with van der Waals surface area (Å²) in [6.45, 7) is 2.66. The normalized spacial score (nSPS) is 26.1. The van der Waals surface area contributed by atoms with E-state index in [1.807, 2.05) is 6.08 Å². The van der Waals surface area contributed by atoms with Gasteiger partial charge in [-0.15, -0.1) is 0 Å². The second kappa shape index (κ2) is 43.6. The van der Waals surface area contributed by atoms with Crippen LogP contribution in [0.4, 0.5) is 0 Å². The van der Waals surface area contributed by atoms with Crippen LogP contribution in [-0.4, -0.2) is 140 Å². The molecule has 0 radical (unpaired) electrons. The molecule has 0 saturated carbocycles. The van der Waals surface area contributed by atoms with Crippen molar-refractivity contribution in [2.24, 2.45) is 0 Å². The summed E-state index contributed by atoms with van der Waals surface area (Å²) in [4.78, 5) is 13.2. The second-order valence-electron chi connectivity index (χ2n) is 19.7. The van der Waals surface area contributed by atoms with Crippen molar-refractivity contribution in [2.75, 3.05) is 19.8 Å². The first-order chi connectivity index (χ1) is 35.1. The van der Waals surface area contributed by atoms with Crippen molar-refractivity contribution in [3.05, 3.63) is 72.9 Å². The van der Waals surface area contributed by atoms with Gasteiger partial charge in [0, 0.05) is 6.42 Å². The maximum atomic E-state index is 13.2. The van der Waals surface area contributed by atoms with Crippen LogP contribution in [0.2, 0.25) is 0 Å². The van der Waals surface area contributed by atoms with Crippen molar-refractivity contribution in [1.29, 1.82) is 0 Å². The molecular weight excluding hydrogens is 919 g/mol. The number of rotatable bonds is 43. The molecular formula is C58H101NO13. The molecule has 14 nitrogen and oxygen atoms in total. The monoisotopic (exact) mass is 1020 g/mol. The average Bonchev–Trinajstić information content (AvgIpc) is 3.38. The number of ether oxygens (including phenoxy) is 4. The van der Waals surface area contributed by atoms with E-state index >= 15 is 0 Å². The van der Waals surface area contributed by atoms with E-state index in [0.717, 1.165) is 83.5 Å². The van der Waals surface area contributed by atoms with Gasteiger partial charge in [0.05, 0.1) is 32.0 Å². The van der Waals surface area contributed by atoms with E-state index in [-0.39, 0.29) is 18.9 Å². The second-order valence-corrected chi connectivity index (χ2v) is 19.7. The molecule has 12 atom stereocenters. The smallest absolute Gasteiger partial charge is 0.220 e. The largest absolute Gasteiger partial charge is 0.394 e. The summed E-state index contributed by atoms with van der Waals surface area (Å²) in [7, 11) is 0. The molecule has 416 valence electrons. The van der Waals surface area contributed by atoms with Crippen LogP contribution in [0.3, 0.4) is 0 Å². The molecule has 9 N–H and O–H groups in total. The standard InChI is InChI=1S/C58H101NO13/c1-3-5-7-9-11-13-15-17-19-21-22-23-24-26-28-30-32-34-36-38-40-42-50(63)59-46(47(62)41-39-37-35-33-31-29-27-25-20-18-16-14-12-10-8-6-4-2)45-69-57-55(68)53(66)56(49(44-61)71-57)72-58-54(67)52(65)51(64)48(43-60)70-58/h5,7,11,13,17,19,22-23,26,28,39,41,46-49,51-58,60-62,64-68H,3-4,6,8-10,12,14-16,18,20-21,24-25,27,29-38,40,42-45H2,1-2H3,(H,59,63)/b7-5-,13-11-,19-17-,23-22-,28-26-,41-39+. The Morgan fingerprint density at radius 1 is 0.514 bits per heavy atom. The van der Waals surface area contributed by atoms with Crippen molar-refractivity contribution in [3.63, 3.8) is 0 Å². The minimum Gasteiger partial charge on any atom is -0.394 e. The van der Waals surface area contributed by atoms with Gasteiger partial charge < -0.3 is 65.1 Å². The number of amides is 1. The van der Waals surface area contributed by atoms with Gasteiger partial charge >= 0.3 is 0 Å². The maximum absolute atomic E-state index is 13.2. The SMILES string of the molecule is CC/C=C\C/C=C\C/C=C\C/C=C\C/C=C\CCCCCCCC(=O)NC(COC1OC(CO)C(OC2OC(CO)C(O)C(O)C2O)C(O)C1O)C(O)/C=C/CCCCCCCCCCCCCCCCC. The lowest BCUT2D eigenvalue weighted by Gasteiger charge is -2.46. The molecule has 0 aromatic carbocycles. The summed E-state index contributed by atoms with van der Waals surface area (Å²) >= 11 is 0. The Morgan fingerprint density at radius 2 is 0.958 bits per heavy atom. The van der Waals surface area contributed by atoms with Crippen molar-refractivity contribution in [3.8, 4) is 0 Å². The fourth-order valence-corrected chi connectivity index (χ4v) is 8.85. The highest BCUT2D eigenvalue weighted by Gasteiger charge is 2.51. The quantitative estimate of drug-likeness (QED) is 0.0206. The van der Waals surface area contributed by atoms with E-state index in [4.69, 9.17) is 18.9 Å². The lowest BCUT2D eigenvalue weighted by atomic mass is 9.97. The van der Waals surface area contributed by atoms with Gasteiger partial charge in [0.2, 0.25) is 5.91 Å². The van der Waals surface area contributed by atoms with Crippen molar-refractivity contribution in [2.45, 2.75) is 267 Å². The van der Waals surface area contributed by atoms with Gasteiger partial charge in [-0.3, -0.25) is 4.79 Å². The molecule has 2 fully saturated rings. The zero-order chi connectivity index (χ0) is 52.4. The van der Waals surface area contributed by atoms with Gasteiger partial charge in [-0.1, -0.05) is 196 Å². The average molecular weight is 1020 g/mol. The van der Waals surface area contributed by atoms with Gasteiger partial charge in [0.15, 0.2) is 12.6 Å². The minimum atomic E-state index is -1.79. The minimum absolute atomic E-state index is 0.256. The molecule has 2 aliphatic rings. The Kier molecular flexibility index (Phi) is 39.7. The molecule has 14 heteroatoms. The first kappa shape index (κ1) is 65.5. The highest BCUT2D eigenvalue weighted by molar-refractivity contribution is 5.76. The van der Waals surface area contributed by atoms with Crippen molar-refractivity contribution >= 4 is 5.91 Å². The van der Waals surface area contributed by atoms with Crippen LogP contribution in [0.15, 0.2) is 72.9 Å².